The maximum absolute atomic E-state index is 12.1. The van der Waals surface area contributed by atoms with Gasteiger partial charge in [0.15, 0.2) is 0 Å². The first-order valence-corrected chi connectivity index (χ1v) is 10.9. The van der Waals surface area contributed by atoms with Gasteiger partial charge in [0.25, 0.3) is 0 Å². The molecule has 0 amide bonds. The number of piperazine rings is 1. The monoisotopic (exact) mass is 422 g/mol. The summed E-state index contributed by atoms with van der Waals surface area (Å²) in [7, 11) is 0. The summed E-state index contributed by atoms with van der Waals surface area (Å²) < 4.78 is 5.32. The van der Waals surface area contributed by atoms with Gasteiger partial charge in [0.2, 0.25) is 0 Å². The Morgan fingerprint density at radius 2 is 1.93 bits per heavy atom. The fourth-order valence-electron chi connectivity index (χ4n) is 4.11. The highest BCUT2D eigenvalue weighted by Crippen LogP contribution is 2.29. The number of aromatic hydroxyl groups is 1. The number of anilines is 1. The van der Waals surface area contributed by atoms with Gasteiger partial charge in [0.1, 0.15) is 28.3 Å². The molecule has 1 saturated heterocycles. The first-order chi connectivity index (χ1) is 14.6. The van der Waals surface area contributed by atoms with Gasteiger partial charge in [-0.3, -0.25) is 4.90 Å². The van der Waals surface area contributed by atoms with Crippen molar-refractivity contribution in [3.63, 3.8) is 0 Å². The van der Waals surface area contributed by atoms with E-state index in [0.29, 0.717) is 12.1 Å². The van der Waals surface area contributed by atoms with Gasteiger partial charge in [0.05, 0.1) is 5.39 Å². The first kappa shape index (κ1) is 19.0. The molecule has 1 aliphatic rings. The highest BCUT2D eigenvalue weighted by Gasteiger charge is 2.21. The van der Waals surface area contributed by atoms with E-state index < -0.39 is 0 Å². The third-order valence-electron chi connectivity index (χ3n) is 5.72. The molecule has 4 aromatic rings. The molecule has 30 heavy (non-hydrogen) atoms. The number of hydrogen-bond donors (Lipinski definition) is 1. The minimum atomic E-state index is -0.388. The molecule has 1 fully saturated rings. The summed E-state index contributed by atoms with van der Waals surface area (Å²) in [5.74, 6) is 1.17. The van der Waals surface area contributed by atoms with Crippen LogP contribution in [0.15, 0.2) is 45.2 Å². The van der Waals surface area contributed by atoms with Gasteiger partial charge in [0, 0.05) is 50.2 Å². The first-order valence-electron chi connectivity index (χ1n) is 10.1. The topological polar surface area (TPSA) is 82.7 Å². The standard InChI is InChI=1S/C22H22N4O3S/c1-2-14-9-17-15(10-20(28)29-19(17)11-18(14)27)12-25-4-6-26(7-5-25)21-16-3-8-30-22(16)24-13-23-21/h3,8-11,13,27H,2,4-7,12H2,1H3. The second-order valence-electron chi connectivity index (χ2n) is 7.52. The van der Waals surface area contributed by atoms with Crippen LogP contribution in [0.5, 0.6) is 5.75 Å². The Morgan fingerprint density at radius 3 is 2.73 bits per heavy atom. The maximum Gasteiger partial charge on any atom is 0.336 e. The van der Waals surface area contributed by atoms with E-state index in [1.54, 1.807) is 29.8 Å². The van der Waals surface area contributed by atoms with Crippen molar-refractivity contribution < 1.29 is 9.52 Å². The van der Waals surface area contributed by atoms with Crippen LogP contribution < -0.4 is 10.5 Å². The molecule has 7 nitrogen and oxygen atoms in total. The Bertz CT molecular complexity index is 1270. The summed E-state index contributed by atoms with van der Waals surface area (Å²) in [6.45, 7) is 6.13. The average Bonchev–Trinajstić information content (AvgIpc) is 3.23. The van der Waals surface area contributed by atoms with Gasteiger partial charge in [-0.15, -0.1) is 11.3 Å². The number of fused-ring (bicyclic) bond motifs is 2. The van der Waals surface area contributed by atoms with Crippen molar-refractivity contribution in [2.75, 3.05) is 31.1 Å². The van der Waals surface area contributed by atoms with Crippen LogP contribution in [0.3, 0.4) is 0 Å². The van der Waals surface area contributed by atoms with Crippen LogP contribution in [0, 0.1) is 0 Å². The number of aryl methyl sites for hydroxylation is 1. The predicted octanol–water partition coefficient (Wildman–Crippen LogP) is 3.39. The Morgan fingerprint density at radius 1 is 1.10 bits per heavy atom. The van der Waals surface area contributed by atoms with Crippen LogP contribution >= 0.6 is 11.3 Å². The van der Waals surface area contributed by atoms with Gasteiger partial charge in [-0.2, -0.15) is 0 Å². The normalized spacial score (nSPS) is 15.3. The lowest BCUT2D eigenvalue weighted by atomic mass is 10.0. The number of rotatable bonds is 4. The van der Waals surface area contributed by atoms with Crippen LogP contribution in [-0.2, 0) is 13.0 Å². The Kier molecular flexibility index (Phi) is 4.88. The number of benzene rings is 1. The van der Waals surface area contributed by atoms with E-state index in [0.717, 1.165) is 65.1 Å². The molecular weight excluding hydrogens is 400 g/mol. The minimum absolute atomic E-state index is 0.170. The fraction of sp³-hybridized carbons (Fsp3) is 0.318. The van der Waals surface area contributed by atoms with Crippen molar-refractivity contribution in [1.29, 1.82) is 0 Å². The van der Waals surface area contributed by atoms with E-state index in [4.69, 9.17) is 4.42 Å². The number of phenolic OH excluding ortho intramolecular Hbond substituents is 1. The summed E-state index contributed by atoms with van der Waals surface area (Å²) in [6, 6.07) is 7.15. The minimum Gasteiger partial charge on any atom is -0.508 e. The lowest BCUT2D eigenvalue weighted by molar-refractivity contribution is 0.250. The van der Waals surface area contributed by atoms with Gasteiger partial charge >= 0.3 is 5.63 Å². The van der Waals surface area contributed by atoms with Crippen molar-refractivity contribution in [3.05, 3.63) is 57.5 Å². The largest absolute Gasteiger partial charge is 0.508 e. The molecule has 4 heterocycles. The molecule has 1 N–H and O–H groups in total. The predicted molar refractivity (Wildman–Crippen MR) is 118 cm³/mol. The third-order valence-corrected chi connectivity index (χ3v) is 6.54. The van der Waals surface area contributed by atoms with Gasteiger partial charge in [-0.05, 0) is 35.1 Å². The van der Waals surface area contributed by atoms with Crippen molar-refractivity contribution in [3.8, 4) is 5.75 Å². The maximum atomic E-state index is 12.1. The lowest BCUT2D eigenvalue weighted by Crippen LogP contribution is -2.46. The van der Waals surface area contributed by atoms with E-state index >= 15 is 0 Å². The quantitative estimate of drug-likeness (QED) is 0.505. The van der Waals surface area contributed by atoms with Crippen molar-refractivity contribution in [1.82, 2.24) is 14.9 Å². The molecule has 0 radical (unpaired) electrons. The number of phenols is 1. The van der Waals surface area contributed by atoms with Gasteiger partial charge < -0.3 is 14.4 Å². The molecule has 0 unspecified atom stereocenters. The molecule has 154 valence electrons. The van der Waals surface area contributed by atoms with Crippen molar-refractivity contribution in [2.24, 2.45) is 0 Å². The molecule has 1 aromatic carbocycles. The van der Waals surface area contributed by atoms with E-state index in [1.807, 2.05) is 18.4 Å². The molecule has 0 spiro atoms. The molecule has 3 aromatic heterocycles. The highest BCUT2D eigenvalue weighted by atomic mass is 32.1. The molecular formula is C22H22N4O3S. The molecule has 8 heteroatoms. The van der Waals surface area contributed by atoms with Crippen LogP contribution in [-0.4, -0.2) is 46.2 Å². The van der Waals surface area contributed by atoms with Crippen molar-refractivity contribution >= 4 is 38.3 Å². The van der Waals surface area contributed by atoms with Crippen LogP contribution in [0.2, 0.25) is 0 Å². The number of aromatic nitrogens is 2. The fourth-order valence-corrected chi connectivity index (χ4v) is 4.84. The van der Waals surface area contributed by atoms with Gasteiger partial charge in [-0.25, -0.2) is 14.8 Å². The second kappa shape index (κ2) is 7.70. The Balaban J connectivity index is 1.37. The van der Waals surface area contributed by atoms with Gasteiger partial charge in [-0.1, -0.05) is 6.92 Å². The smallest absolute Gasteiger partial charge is 0.336 e. The molecule has 5 rings (SSSR count). The highest BCUT2D eigenvalue weighted by molar-refractivity contribution is 7.16. The average molecular weight is 423 g/mol. The summed E-state index contributed by atoms with van der Waals surface area (Å²) in [5.41, 5.74) is 1.84. The second-order valence-corrected chi connectivity index (χ2v) is 8.42. The molecule has 0 aliphatic carbocycles. The van der Waals surface area contributed by atoms with E-state index in [1.165, 1.54) is 0 Å². The zero-order valence-electron chi connectivity index (χ0n) is 16.7. The van der Waals surface area contributed by atoms with E-state index in [9.17, 15) is 9.90 Å². The SMILES string of the molecule is CCc1cc2c(CN3CCN(c4ncnc5sccc45)CC3)cc(=O)oc2cc1O. The number of thiophene rings is 1. The molecule has 0 saturated carbocycles. The number of nitrogens with zero attached hydrogens (tertiary/aromatic N) is 4. The number of hydrogen-bond acceptors (Lipinski definition) is 8. The zero-order valence-corrected chi connectivity index (χ0v) is 17.5. The summed E-state index contributed by atoms with van der Waals surface area (Å²) >= 11 is 1.63. The Labute approximate surface area is 177 Å². The Hall–Kier alpha value is -2.97. The third kappa shape index (κ3) is 3.42. The van der Waals surface area contributed by atoms with Crippen LogP contribution in [0.1, 0.15) is 18.1 Å². The van der Waals surface area contributed by atoms with Crippen LogP contribution in [0.25, 0.3) is 21.2 Å². The summed E-state index contributed by atoms with van der Waals surface area (Å²) in [4.78, 5) is 26.6. The molecule has 1 aliphatic heterocycles. The summed E-state index contributed by atoms with van der Waals surface area (Å²) in [5, 5.41) is 14.2. The van der Waals surface area contributed by atoms with E-state index in [-0.39, 0.29) is 11.4 Å². The van der Waals surface area contributed by atoms with E-state index in [2.05, 4.69) is 25.8 Å². The zero-order chi connectivity index (χ0) is 20.7. The molecule has 0 atom stereocenters. The van der Waals surface area contributed by atoms with Crippen molar-refractivity contribution in [2.45, 2.75) is 19.9 Å². The van der Waals surface area contributed by atoms with Crippen LogP contribution in [0.4, 0.5) is 5.82 Å². The summed E-state index contributed by atoms with van der Waals surface area (Å²) in [6.07, 6.45) is 2.35. The molecule has 0 bridgehead atoms. The lowest BCUT2D eigenvalue weighted by Gasteiger charge is -2.35.